The number of methoxy groups -OCH3 is 1. The molecule has 0 spiro atoms. The molecular formula is C21H26N2O3. The van der Waals surface area contributed by atoms with Crippen LogP contribution in [0.25, 0.3) is 0 Å². The van der Waals surface area contributed by atoms with Crippen molar-refractivity contribution in [1.29, 1.82) is 0 Å². The van der Waals surface area contributed by atoms with Crippen molar-refractivity contribution >= 4 is 12.1 Å². The van der Waals surface area contributed by atoms with E-state index in [2.05, 4.69) is 17.5 Å². The van der Waals surface area contributed by atoms with E-state index in [1.165, 1.54) is 19.3 Å². The molecule has 5 heteroatoms. The van der Waals surface area contributed by atoms with Gasteiger partial charge in [-0.25, -0.2) is 5.43 Å². The predicted octanol–water partition coefficient (Wildman–Crippen LogP) is 4.42. The van der Waals surface area contributed by atoms with Gasteiger partial charge in [0.25, 0.3) is 5.91 Å². The van der Waals surface area contributed by atoms with Gasteiger partial charge in [0.2, 0.25) is 0 Å². The molecule has 1 amide bonds. The molecule has 0 saturated carbocycles. The van der Waals surface area contributed by atoms with E-state index in [9.17, 15) is 4.79 Å². The lowest BCUT2D eigenvalue weighted by Crippen LogP contribution is -2.17. The first-order valence-electron chi connectivity index (χ1n) is 8.93. The van der Waals surface area contributed by atoms with Gasteiger partial charge in [0.05, 0.1) is 19.9 Å². The van der Waals surface area contributed by atoms with Crippen LogP contribution in [0.15, 0.2) is 53.6 Å². The highest BCUT2D eigenvalue weighted by atomic mass is 16.5. The van der Waals surface area contributed by atoms with E-state index in [1.807, 2.05) is 24.3 Å². The van der Waals surface area contributed by atoms with Gasteiger partial charge < -0.3 is 9.47 Å². The summed E-state index contributed by atoms with van der Waals surface area (Å²) in [5, 5.41) is 3.99. The summed E-state index contributed by atoms with van der Waals surface area (Å²) >= 11 is 0. The molecule has 5 nitrogen and oxygen atoms in total. The number of rotatable bonds is 10. The fourth-order valence-corrected chi connectivity index (χ4v) is 2.34. The number of benzene rings is 2. The number of hydrogen-bond donors (Lipinski definition) is 1. The van der Waals surface area contributed by atoms with Crippen LogP contribution in [0.1, 0.15) is 48.5 Å². The summed E-state index contributed by atoms with van der Waals surface area (Å²) in [5.74, 6) is 1.29. The normalized spacial score (nSPS) is 10.7. The average Bonchev–Trinajstić information content (AvgIpc) is 2.69. The van der Waals surface area contributed by atoms with Gasteiger partial charge in [0, 0.05) is 5.56 Å². The molecule has 0 aromatic heterocycles. The fraction of sp³-hybridized carbons (Fsp3) is 0.333. The Bertz CT molecular complexity index is 694. The molecular weight excluding hydrogens is 328 g/mol. The Morgan fingerprint density at radius 1 is 1.00 bits per heavy atom. The molecule has 0 heterocycles. The number of nitrogens with zero attached hydrogens (tertiary/aromatic N) is 1. The van der Waals surface area contributed by atoms with Gasteiger partial charge in [0.15, 0.2) is 0 Å². The summed E-state index contributed by atoms with van der Waals surface area (Å²) < 4.78 is 10.8. The number of nitrogens with one attached hydrogen (secondary N) is 1. The molecule has 0 fully saturated rings. The summed E-state index contributed by atoms with van der Waals surface area (Å²) in [6, 6.07) is 14.5. The van der Waals surface area contributed by atoms with E-state index < -0.39 is 0 Å². The first-order valence-corrected chi connectivity index (χ1v) is 8.93. The van der Waals surface area contributed by atoms with Gasteiger partial charge in [0.1, 0.15) is 11.5 Å². The van der Waals surface area contributed by atoms with Gasteiger partial charge in [-0.1, -0.05) is 26.2 Å². The topological polar surface area (TPSA) is 59.9 Å². The molecule has 0 bridgehead atoms. The molecule has 2 rings (SSSR count). The van der Waals surface area contributed by atoms with E-state index in [0.29, 0.717) is 11.3 Å². The number of amides is 1. The second kappa shape index (κ2) is 10.9. The fourth-order valence-electron chi connectivity index (χ4n) is 2.34. The summed E-state index contributed by atoms with van der Waals surface area (Å²) in [6.45, 7) is 2.94. The zero-order valence-electron chi connectivity index (χ0n) is 15.4. The maximum absolute atomic E-state index is 12.0. The highest BCUT2D eigenvalue weighted by molar-refractivity contribution is 5.95. The van der Waals surface area contributed by atoms with Crippen molar-refractivity contribution in [2.75, 3.05) is 13.7 Å². The standard InChI is InChI=1S/C21H26N2O3/c1-3-4-5-6-15-26-20-11-7-17(8-12-20)16-22-23-21(24)18-9-13-19(25-2)14-10-18/h7-14,16H,3-6,15H2,1-2H3,(H,23,24)/b22-16+. The van der Waals surface area contributed by atoms with Crippen LogP contribution in [0.3, 0.4) is 0 Å². The molecule has 0 unspecified atom stereocenters. The van der Waals surface area contributed by atoms with E-state index in [0.717, 1.165) is 24.3 Å². The quantitative estimate of drug-likeness (QED) is 0.390. The minimum atomic E-state index is -0.268. The van der Waals surface area contributed by atoms with Crippen LogP contribution in [0, 0.1) is 0 Å². The number of unbranched alkanes of at least 4 members (excludes halogenated alkanes) is 3. The van der Waals surface area contributed by atoms with Crippen molar-refractivity contribution in [1.82, 2.24) is 5.43 Å². The van der Waals surface area contributed by atoms with Crippen molar-refractivity contribution in [2.45, 2.75) is 32.6 Å². The Labute approximate surface area is 155 Å². The van der Waals surface area contributed by atoms with Crippen LogP contribution in [0.5, 0.6) is 11.5 Å². The van der Waals surface area contributed by atoms with Gasteiger partial charge in [-0.3, -0.25) is 4.79 Å². The Morgan fingerprint density at radius 2 is 1.69 bits per heavy atom. The maximum atomic E-state index is 12.0. The SMILES string of the molecule is CCCCCCOc1ccc(/C=N/NC(=O)c2ccc(OC)cc2)cc1. The predicted molar refractivity (Wildman–Crippen MR) is 104 cm³/mol. The van der Waals surface area contributed by atoms with E-state index in [-0.39, 0.29) is 5.91 Å². The lowest BCUT2D eigenvalue weighted by atomic mass is 10.2. The van der Waals surface area contributed by atoms with Crippen LogP contribution in [0.2, 0.25) is 0 Å². The van der Waals surface area contributed by atoms with Crippen molar-refractivity contribution in [3.05, 3.63) is 59.7 Å². The van der Waals surface area contributed by atoms with E-state index in [4.69, 9.17) is 9.47 Å². The zero-order valence-corrected chi connectivity index (χ0v) is 15.4. The summed E-state index contributed by atoms with van der Waals surface area (Å²) in [6.07, 6.45) is 6.36. The summed E-state index contributed by atoms with van der Waals surface area (Å²) in [7, 11) is 1.59. The molecule has 2 aromatic carbocycles. The smallest absolute Gasteiger partial charge is 0.271 e. The molecule has 1 N–H and O–H groups in total. The lowest BCUT2D eigenvalue weighted by molar-refractivity contribution is 0.0955. The number of carbonyl (C=O) groups excluding carboxylic acids is 1. The van der Waals surface area contributed by atoms with Crippen molar-refractivity contribution in [2.24, 2.45) is 5.10 Å². The molecule has 0 aliphatic rings. The highest BCUT2D eigenvalue weighted by Gasteiger charge is 2.03. The molecule has 0 atom stereocenters. The first kappa shape index (κ1) is 19.5. The maximum Gasteiger partial charge on any atom is 0.271 e. The molecule has 0 aliphatic heterocycles. The lowest BCUT2D eigenvalue weighted by Gasteiger charge is -2.06. The van der Waals surface area contributed by atoms with Crippen LogP contribution < -0.4 is 14.9 Å². The first-order chi connectivity index (χ1) is 12.7. The third-order valence-corrected chi connectivity index (χ3v) is 3.88. The molecule has 0 radical (unpaired) electrons. The molecule has 138 valence electrons. The third kappa shape index (κ3) is 6.59. The van der Waals surface area contributed by atoms with Gasteiger partial charge in [-0.15, -0.1) is 0 Å². The third-order valence-electron chi connectivity index (χ3n) is 3.88. The van der Waals surface area contributed by atoms with Crippen LogP contribution in [-0.2, 0) is 0 Å². The van der Waals surface area contributed by atoms with Crippen LogP contribution >= 0.6 is 0 Å². The Hall–Kier alpha value is -2.82. The number of carbonyl (C=O) groups is 1. The minimum absolute atomic E-state index is 0.268. The molecule has 0 saturated heterocycles. The second-order valence-corrected chi connectivity index (χ2v) is 5.91. The van der Waals surface area contributed by atoms with Crippen molar-refractivity contribution in [3.63, 3.8) is 0 Å². The Morgan fingerprint density at radius 3 is 2.35 bits per heavy atom. The zero-order chi connectivity index (χ0) is 18.6. The van der Waals surface area contributed by atoms with Gasteiger partial charge in [-0.2, -0.15) is 5.10 Å². The van der Waals surface area contributed by atoms with E-state index in [1.54, 1.807) is 37.6 Å². The molecule has 26 heavy (non-hydrogen) atoms. The summed E-state index contributed by atoms with van der Waals surface area (Å²) in [4.78, 5) is 12.0. The van der Waals surface area contributed by atoms with Gasteiger partial charge >= 0.3 is 0 Å². The second-order valence-electron chi connectivity index (χ2n) is 5.91. The number of hydrazone groups is 1. The van der Waals surface area contributed by atoms with Crippen molar-refractivity contribution < 1.29 is 14.3 Å². The minimum Gasteiger partial charge on any atom is -0.497 e. The van der Waals surface area contributed by atoms with Crippen LogP contribution in [-0.4, -0.2) is 25.8 Å². The van der Waals surface area contributed by atoms with Crippen molar-refractivity contribution in [3.8, 4) is 11.5 Å². The van der Waals surface area contributed by atoms with Crippen LogP contribution in [0.4, 0.5) is 0 Å². The van der Waals surface area contributed by atoms with Gasteiger partial charge in [-0.05, 0) is 60.5 Å². The Kier molecular flexibility index (Phi) is 8.19. The largest absolute Gasteiger partial charge is 0.497 e. The number of hydrogen-bond acceptors (Lipinski definition) is 4. The number of ether oxygens (including phenoxy) is 2. The summed E-state index contributed by atoms with van der Waals surface area (Å²) in [5.41, 5.74) is 3.92. The highest BCUT2D eigenvalue weighted by Crippen LogP contribution is 2.13. The molecule has 0 aliphatic carbocycles. The average molecular weight is 354 g/mol. The monoisotopic (exact) mass is 354 g/mol. The Balaban J connectivity index is 1.77. The van der Waals surface area contributed by atoms with E-state index >= 15 is 0 Å². The molecule has 2 aromatic rings.